The van der Waals surface area contributed by atoms with Crippen molar-refractivity contribution in [1.29, 1.82) is 0 Å². The van der Waals surface area contributed by atoms with Crippen LogP contribution in [0.5, 0.6) is 0 Å². The third-order valence-corrected chi connectivity index (χ3v) is 2.89. The molecule has 2 rings (SSSR count). The molecule has 0 aliphatic heterocycles. The van der Waals surface area contributed by atoms with E-state index in [1.54, 1.807) is 0 Å². The number of fused-ring (bicyclic) bond motifs is 1. The molecule has 96 valence electrons. The molecule has 18 heavy (non-hydrogen) atoms. The summed E-state index contributed by atoms with van der Waals surface area (Å²) >= 11 is 5.24. The molecule has 0 atom stereocenters. The Hall–Kier alpha value is -1.59. The summed E-state index contributed by atoms with van der Waals surface area (Å²) in [5, 5.41) is 17.0. The molecule has 0 amide bonds. The molecule has 0 unspecified atom stereocenters. The fourth-order valence-electron chi connectivity index (χ4n) is 1.69. The monoisotopic (exact) mass is 263 g/mol. The van der Waals surface area contributed by atoms with Crippen LogP contribution in [0.2, 0.25) is 0 Å². The number of anilines is 1. The molecule has 0 spiro atoms. The van der Waals surface area contributed by atoms with Crippen LogP contribution in [0.15, 0.2) is 30.5 Å². The Kier molecular flexibility index (Phi) is 3.54. The standard InChI is InChI=1S/C13H17N3OS/c1-13(2,8-17)16-12(18)15-10-5-3-4-9-6-7-14-11(9)10/h3-7,14,17H,8H2,1-2H3,(H2,15,16,18). The van der Waals surface area contributed by atoms with Gasteiger partial charge < -0.3 is 20.7 Å². The first kappa shape index (κ1) is 12.9. The quantitative estimate of drug-likeness (QED) is 0.641. The summed E-state index contributed by atoms with van der Waals surface area (Å²) in [5.41, 5.74) is 1.50. The average Bonchev–Trinajstić information content (AvgIpc) is 2.77. The first-order chi connectivity index (χ1) is 8.52. The topological polar surface area (TPSA) is 60.1 Å². The number of nitrogens with one attached hydrogen (secondary N) is 3. The summed E-state index contributed by atoms with van der Waals surface area (Å²) in [6.07, 6.45) is 1.89. The summed E-state index contributed by atoms with van der Waals surface area (Å²) in [6.45, 7) is 3.79. The van der Waals surface area contributed by atoms with Gasteiger partial charge >= 0.3 is 0 Å². The van der Waals surface area contributed by atoms with E-state index < -0.39 is 5.54 Å². The normalized spacial score (nSPS) is 11.5. The molecule has 0 fully saturated rings. The largest absolute Gasteiger partial charge is 0.394 e. The van der Waals surface area contributed by atoms with E-state index in [9.17, 15) is 5.11 Å². The lowest BCUT2D eigenvalue weighted by Gasteiger charge is -2.25. The van der Waals surface area contributed by atoms with Gasteiger partial charge in [-0.05, 0) is 38.2 Å². The second kappa shape index (κ2) is 4.96. The molecular weight excluding hydrogens is 246 g/mol. The maximum atomic E-state index is 9.19. The van der Waals surface area contributed by atoms with Crippen molar-refractivity contribution < 1.29 is 5.11 Å². The summed E-state index contributed by atoms with van der Waals surface area (Å²) in [4.78, 5) is 3.17. The minimum absolute atomic E-state index is 0.0154. The zero-order valence-electron chi connectivity index (χ0n) is 10.4. The first-order valence-electron chi connectivity index (χ1n) is 5.78. The Labute approximate surface area is 111 Å². The number of aliphatic hydroxyl groups excluding tert-OH is 1. The Morgan fingerprint density at radius 1 is 1.39 bits per heavy atom. The number of hydrogen-bond donors (Lipinski definition) is 4. The highest BCUT2D eigenvalue weighted by molar-refractivity contribution is 7.80. The van der Waals surface area contributed by atoms with Crippen molar-refractivity contribution in [1.82, 2.24) is 10.3 Å². The van der Waals surface area contributed by atoms with Crippen LogP contribution in [0.1, 0.15) is 13.8 Å². The van der Waals surface area contributed by atoms with Gasteiger partial charge in [-0.3, -0.25) is 0 Å². The Morgan fingerprint density at radius 3 is 2.89 bits per heavy atom. The minimum atomic E-state index is -0.437. The summed E-state index contributed by atoms with van der Waals surface area (Å²) < 4.78 is 0. The zero-order valence-corrected chi connectivity index (χ0v) is 11.3. The van der Waals surface area contributed by atoms with Crippen molar-refractivity contribution >= 4 is 33.9 Å². The van der Waals surface area contributed by atoms with Crippen molar-refractivity contribution in [3.63, 3.8) is 0 Å². The fraction of sp³-hybridized carbons (Fsp3) is 0.308. The van der Waals surface area contributed by atoms with Crippen LogP contribution in [-0.4, -0.2) is 27.3 Å². The Bertz CT molecular complexity index is 562. The van der Waals surface area contributed by atoms with E-state index in [-0.39, 0.29) is 6.61 Å². The minimum Gasteiger partial charge on any atom is -0.394 e. The van der Waals surface area contributed by atoms with Gasteiger partial charge in [-0.15, -0.1) is 0 Å². The molecule has 0 saturated carbocycles. The molecular formula is C13H17N3OS. The molecule has 0 bridgehead atoms. The number of aliphatic hydroxyl groups is 1. The lowest BCUT2D eigenvalue weighted by molar-refractivity contribution is 0.207. The highest BCUT2D eigenvalue weighted by Gasteiger charge is 2.17. The summed E-state index contributed by atoms with van der Waals surface area (Å²) in [7, 11) is 0. The van der Waals surface area contributed by atoms with Crippen molar-refractivity contribution in [2.45, 2.75) is 19.4 Å². The molecule has 0 radical (unpaired) electrons. The van der Waals surface area contributed by atoms with Crippen molar-refractivity contribution in [2.24, 2.45) is 0 Å². The highest BCUT2D eigenvalue weighted by Crippen LogP contribution is 2.21. The molecule has 0 saturated heterocycles. The second-order valence-corrected chi connectivity index (χ2v) is 5.28. The fourth-order valence-corrected chi connectivity index (χ4v) is 2.08. The highest BCUT2D eigenvalue weighted by atomic mass is 32.1. The van der Waals surface area contributed by atoms with Crippen LogP contribution in [0, 0.1) is 0 Å². The molecule has 0 aliphatic rings. The van der Waals surface area contributed by atoms with Gasteiger partial charge in [-0.1, -0.05) is 12.1 Å². The van der Waals surface area contributed by atoms with Gasteiger partial charge in [0.1, 0.15) is 0 Å². The summed E-state index contributed by atoms with van der Waals surface area (Å²) in [6, 6.07) is 7.97. The van der Waals surface area contributed by atoms with Crippen molar-refractivity contribution in [3.8, 4) is 0 Å². The first-order valence-corrected chi connectivity index (χ1v) is 6.19. The Balaban J connectivity index is 2.14. The molecule has 4 N–H and O–H groups in total. The summed E-state index contributed by atoms with van der Waals surface area (Å²) in [5.74, 6) is 0. The van der Waals surface area contributed by atoms with E-state index >= 15 is 0 Å². The third kappa shape index (κ3) is 2.80. The van der Waals surface area contributed by atoms with Crippen LogP contribution in [0.3, 0.4) is 0 Å². The lowest BCUT2D eigenvalue weighted by atomic mass is 10.1. The Morgan fingerprint density at radius 2 is 2.17 bits per heavy atom. The van der Waals surface area contributed by atoms with E-state index in [0.717, 1.165) is 16.6 Å². The third-order valence-electron chi connectivity index (χ3n) is 2.68. The van der Waals surface area contributed by atoms with Crippen molar-refractivity contribution in [2.75, 3.05) is 11.9 Å². The van der Waals surface area contributed by atoms with Gasteiger partial charge in [-0.2, -0.15) is 0 Å². The predicted octanol–water partition coefficient (Wildman–Crippen LogP) is 2.23. The number of rotatable bonds is 3. The van der Waals surface area contributed by atoms with Gasteiger partial charge in [0.25, 0.3) is 0 Å². The average molecular weight is 263 g/mol. The van der Waals surface area contributed by atoms with Gasteiger partial charge in [0.15, 0.2) is 5.11 Å². The van der Waals surface area contributed by atoms with Crippen LogP contribution in [0.4, 0.5) is 5.69 Å². The van der Waals surface area contributed by atoms with Gasteiger partial charge in [0.2, 0.25) is 0 Å². The SMILES string of the molecule is CC(C)(CO)NC(=S)Nc1cccc2cc[nH]c12. The van der Waals surface area contributed by atoms with E-state index in [2.05, 4.69) is 15.6 Å². The maximum Gasteiger partial charge on any atom is 0.171 e. The molecule has 2 aromatic rings. The molecule has 5 heteroatoms. The number of H-pyrrole nitrogens is 1. The molecule has 1 aromatic carbocycles. The number of benzene rings is 1. The van der Waals surface area contributed by atoms with E-state index in [0.29, 0.717) is 5.11 Å². The van der Waals surface area contributed by atoms with Crippen LogP contribution in [-0.2, 0) is 0 Å². The number of para-hydroxylation sites is 1. The van der Waals surface area contributed by atoms with Crippen molar-refractivity contribution in [3.05, 3.63) is 30.5 Å². The predicted molar refractivity (Wildman–Crippen MR) is 78.8 cm³/mol. The van der Waals surface area contributed by atoms with E-state index in [4.69, 9.17) is 12.2 Å². The van der Waals surface area contributed by atoms with E-state index in [1.165, 1.54) is 0 Å². The number of thiocarbonyl (C=S) groups is 1. The molecule has 1 aromatic heterocycles. The maximum absolute atomic E-state index is 9.19. The molecule has 1 heterocycles. The number of hydrogen-bond acceptors (Lipinski definition) is 2. The number of aromatic nitrogens is 1. The zero-order chi connectivity index (χ0) is 13.2. The lowest BCUT2D eigenvalue weighted by Crippen LogP contribution is -2.48. The van der Waals surface area contributed by atoms with Crippen LogP contribution < -0.4 is 10.6 Å². The second-order valence-electron chi connectivity index (χ2n) is 4.87. The number of aromatic amines is 1. The molecule has 0 aliphatic carbocycles. The van der Waals surface area contributed by atoms with Gasteiger partial charge in [0, 0.05) is 11.6 Å². The van der Waals surface area contributed by atoms with Gasteiger partial charge in [0.05, 0.1) is 23.3 Å². The van der Waals surface area contributed by atoms with Crippen LogP contribution in [0.25, 0.3) is 10.9 Å². The molecule has 4 nitrogen and oxygen atoms in total. The smallest absolute Gasteiger partial charge is 0.171 e. The van der Waals surface area contributed by atoms with Crippen LogP contribution >= 0.6 is 12.2 Å². The van der Waals surface area contributed by atoms with E-state index in [1.807, 2.05) is 44.3 Å². The van der Waals surface area contributed by atoms with Gasteiger partial charge in [-0.25, -0.2) is 0 Å².